The average molecular weight is 185 g/mol. The van der Waals surface area contributed by atoms with E-state index in [1.165, 1.54) is 12.8 Å². The van der Waals surface area contributed by atoms with Crippen molar-refractivity contribution in [1.29, 1.82) is 0 Å². The Bertz CT molecular complexity index is 132. The van der Waals surface area contributed by atoms with Crippen molar-refractivity contribution in [3.63, 3.8) is 0 Å². The molecule has 1 saturated carbocycles. The summed E-state index contributed by atoms with van der Waals surface area (Å²) >= 11 is 0. The molecule has 1 unspecified atom stereocenters. The number of hydrogen-bond acceptors (Lipinski definition) is 2. The Morgan fingerprint density at radius 1 is 1.31 bits per heavy atom. The van der Waals surface area contributed by atoms with Gasteiger partial charge in [-0.1, -0.05) is 13.8 Å². The van der Waals surface area contributed by atoms with Gasteiger partial charge in [0.15, 0.2) is 0 Å². The Morgan fingerprint density at radius 2 is 2.00 bits per heavy atom. The van der Waals surface area contributed by atoms with Crippen molar-refractivity contribution in [3.8, 4) is 0 Å². The Labute approximate surface area is 82.0 Å². The van der Waals surface area contributed by atoms with Crippen LogP contribution in [0.3, 0.4) is 0 Å². The standard InChI is InChI=1S/C11H23NO/c1-9(2)12-7-6-10(3)13-8-11-4-5-11/h9-12H,4-8H2,1-3H3. The second-order valence-electron chi connectivity index (χ2n) is 4.48. The molecule has 13 heavy (non-hydrogen) atoms. The van der Waals surface area contributed by atoms with Gasteiger partial charge in [0.05, 0.1) is 6.10 Å². The van der Waals surface area contributed by atoms with Gasteiger partial charge in [-0.2, -0.15) is 0 Å². The van der Waals surface area contributed by atoms with Gasteiger partial charge in [0.2, 0.25) is 0 Å². The van der Waals surface area contributed by atoms with Crippen LogP contribution in [0.1, 0.15) is 40.0 Å². The van der Waals surface area contributed by atoms with Crippen LogP contribution >= 0.6 is 0 Å². The van der Waals surface area contributed by atoms with Crippen LogP contribution in [-0.2, 0) is 4.74 Å². The molecule has 0 radical (unpaired) electrons. The highest BCUT2D eigenvalue weighted by Gasteiger charge is 2.21. The molecule has 1 fully saturated rings. The fraction of sp³-hybridized carbons (Fsp3) is 1.00. The Morgan fingerprint density at radius 3 is 2.54 bits per heavy atom. The normalized spacial score (nSPS) is 19.4. The van der Waals surface area contributed by atoms with E-state index in [4.69, 9.17) is 4.74 Å². The van der Waals surface area contributed by atoms with Crippen molar-refractivity contribution < 1.29 is 4.74 Å². The van der Waals surface area contributed by atoms with Gasteiger partial charge in [0.1, 0.15) is 0 Å². The minimum Gasteiger partial charge on any atom is -0.378 e. The summed E-state index contributed by atoms with van der Waals surface area (Å²) in [6, 6.07) is 0.593. The monoisotopic (exact) mass is 185 g/mol. The largest absolute Gasteiger partial charge is 0.378 e. The van der Waals surface area contributed by atoms with Gasteiger partial charge in [-0.15, -0.1) is 0 Å². The second-order valence-corrected chi connectivity index (χ2v) is 4.48. The van der Waals surface area contributed by atoms with Gasteiger partial charge in [0, 0.05) is 12.6 Å². The number of ether oxygens (including phenoxy) is 1. The molecule has 0 bridgehead atoms. The van der Waals surface area contributed by atoms with Crippen LogP contribution < -0.4 is 5.32 Å². The van der Waals surface area contributed by atoms with E-state index in [1.807, 2.05) is 0 Å². The molecule has 0 aliphatic heterocycles. The van der Waals surface area contributed by atoms with Crippen LogP contribution in [0.5, 0.6) is 0 Å². The van der Waals surface area contributed by atoms with Gasteiger partial charge >= 0.3 is 0 Å². The molecule has 0 aromatic rings. The lowest BCUT2D eigenvalue weighted by Gasteiger charge is -2.14. The fourth-order valence-corrected chi connectivity index (χ4v) is 1.24. The molecule has 0 spiro atoms. The van der Waals surface area contributed by atoms with E-state index in [0.29, 0.717) is 12.1 Å². The van der Waals surface area contributed by atoms with E-state index in [9.17, 15) is 0 Å². The minimum atomic E-state index is 0.423. The van der Waals surface area contributed by atoms with Gasteiger partial charge in [-0.05, 0) is 38.6 Å². The summed E-state index contributed by atoms with van der Waals surface area (Å²) in [4.78, 5) is 0. The van der Waals surface area contributed by atoms with Crippen molar-refractivity contribution in [2.75, 3.05) is 13.2 Å². The van der Waals surface area contributed by atoms with Crippen molar-refractivity contribution in [1.82, 2.24) is 5.32 Å². The second kappa shape index (κ2) is 5.61. The van der Waals surface area contributed by atoms with Crippen molar-refractivity contribution in [2.24, 2.45) is 5.92 Å². The van der Waals surface area contributed by atoms with Gasteiger partial charge in [0.25, 0.3) is 0 Å². The summed E-state index contributed by atoms with van der Waals surface area (Å²) in [7, 11) is 0. The first kappa shape index (κ1) is 11.0. The van der Waals surface area contributed by atoms with Crippen molar-refractivity contribution in [2.45, 2.75) is 52.2 Å². The zero-order valence-electron chi connectivity index (χ0n) is 9.18. The molecular formula is C11H23NO. The first-order valence-electron chi connectivity index (χ1n) is 5.53. The summed E-state index contributed by atoms with van der Waals surface area (Å²) < 4.78 is 5.71. The molecule has 1 aliphatic rings. The van der Waals surface area contributed by atoms with Crippen LogP contribution in [0, 0.1) is 5.92 Å². The maximum atomic E-state index is 5.71. The van der Waals surface area contributed by atoms with E-state index in [-0.39, 0.29) is 0 Å². The average Bonchev–Trinajstić information content (AvgIpc) is 2.83. The maximum absolute atomic E-state index is 5.71. The zero-order valence-corrected chi connectivity index (χ0v) is 9.18. The molecule has 78 valence electrons. The molecule has 0 aromatic carbocycles. The van der Waals surface area contributed by atoms with Gasteiger partial charge in [-0.3, -0.25) is 0 Å². The first-order valence-corrected chi connectivity index (χ1v) is 5.53. The molecule has 0 heterocycles. The number of rotatable bonds is 7. The molecule has 0 aromatic heterocycles. The topological polar surface area (TPSA) is 21.3 Å². The van der Waals surface area contributed by atoms with E-state index in [0.717, 1.165) is 25.5 Å². The number of nitrogens with one attached hydrogen (secondary N) is 1. The first-order chi connectivity index (χ1) is 6.18. The van der Waals surface area contributed by atoms with E-state index in [1.54, 1.807) is 0 Å². The Hall–Kier alpha value is -0.0800. The van der Waals surface area contributed by atoms with Crippen LogP contribution in [0.25, 0.3) is 0 Å². The molecule has 2 heteroatoms. The highest BCUT2D eigenvalue weighted by molar-refractivity contribution is 4.72. The lowest BCUT2D eigenvalue weighted by molar-refractivity contribution is 0.0527. The van der Waals surface area contributed by atoms with Crippen LogP contribution in [0.4, 0.5) is 0 Å². The summed E-state index contributed by atoms with van der Waals surface area (Å²) in [5.74, 6) is 0.889. The third-order valence-electron chi connectivity index (χ3n) is 2.42. The number of hydrogen-bond donors (Lipinski definition) is 1. The summed E-state index contributed by atoms with van der Waals surface area (Å²) in [5, 5.41) is 3.40. The lowest BCUT2D eigenvalue weighted by Crippen LogP contribution is -2.26. The highest BCUT2D eigenvalue weighted by atomic mass is 16.5. The minimum absolute atomic E-state index is 0.423. The van der Waals surface area contributed by atoms with Crippen LogP contribution in [0.15, 0.2) is 0 Å². The van der Waals surface area contributed by atoms with Crippen molar-refractivity contribution in [3.05, 3.63) is 0 Å². The lowest BCUT2D eigenvalue weighted by atomic mass is 10.2. The van der Waals surface area contributed by atoms with E-state index in [2.05, 4.69) is 26.1 Å². The highest BCUT2D eigenvalue weighted by Crippen LogP contribution is 2.29. The van der Waals surface area contributed by atoms with Crippen molar-refractivity contribution >= 4 is 0 Å². The molecule has 1 rings (SSSR count). The van der Waals surface area contributed by atoms with Crippen LogP contribution in [0.2, 0.25) is 0 Å². The molecule has 0 amide bonds. The smallest absolute Gasteiger partial charge is 0.0559 e. The predicted molar refractivity (Wildman–Crippen MR) is 55.9 cm³/mol. The maximum Gasteiger partial charge on any atom is 0.0559 e. The van der Waals surface area contributed by atoms with Crippen LogP contribution in [-0.4, -0.2) is 25.3 Å². The Balaban J connectivity index is 1.87. The summed E-state index contributed by atoms with van der Waals surface area (Å²) in [6.07, 6.45) is 4.32. The molecule has 1 atom stereocenters. The van der Waals surface area contributed by atoms with Gasteiger partial charge in [-0.25, -0.2) is 0 Å². The molecule has 2 nitrogen and oxygen atoms in total. The summed E-state index contributed by atoms with van der Waals surface area (Å²) in [6.45, 7) is 8.59. The van der Waals surface area contributed by atoms with E-state index < -0.39 is 0 Å². The molecular weight excluding hydrogens is 162 g/mol. The quantitative estimate of drug-likeness (QED) is 0.656. The SMILES string of the molecule is CC(C)NCCC(C)OCC1CC1. The molecule has 0 saturated heterocycles. The Kier molecular flexibility index (Phi) is 4.74. The van der Waals surface area contributed by atoms with Gasteiger partial charge < -0.3 is 10.1 Å². The molecule has 1 aliphatic carbocycles. The fourth-order valence-electron chi connectivity index (χ4n) is 1.24. The predicted octanol–water partition coefficient (Wildman–Crippen LogP) is 2.19. The third kappa shape index (κ3) is 6.05. The summed E-state index contributed by atoms with van der Waals surface area (Å²) in [5.41, 5.74) is 0. The molecule has 1 N–H and O–H groups in total. The van der Waals surface area contributed by atoms with E-state index >= 15 is 0 Å². The zero-order chi connectivity index (χ0) is 9.68. The third-order valence-corrected chi connectivity index (χ3v) is 2.42.